The van der Waals surface area contributed by atoms with Gasteiger partial charge in [0.1, 0.15) is 0 Å². The molecule has 0 fully saturated rings. The van der Waals surface area contributed by atoms with Crippen LogP contribution in [0.4, 0.5) is 16.2 Å². The summed E-state index contributed by atoms with van der Waals surface area (Å²) in [6, 6.07) is 3.87. The zero-order valence-electron chi connectivity index (χ0n) is 11.4. The monoisotopic (exact) mass is 275 g/mol. The third kappa shape index (κ3) is 4.15. The van der Waals surface area contributed by atoms with Crippen LogP contribution in [0.1, 0.15) is 18.9 Å². The fourth-order valence-corrected chi connectivity index (χ4v) is 1.69. The average molecular weight is 275 g/mol. The Morgan fingerprint density at radius 1 is 1.15 bits per heavy atom. The summed E-state index contributed by atoms with van der Waals surface area (Å²) < 4.78 is 13.6. The first kappa shape index (κ1) is 14.2. The normalized spacial score (nSPS) is 10.3. The molecular formula is C14H18FN5. The molecule has 0 spiro atoms. The topological polar surface area (TPSA) is 62.7 Å². The Balaban J connectivity index is 1.91. The van der Waals surface area contributed by atoms with Gasteiger partial charge in [0, 0.05) is 25.5 Å². The van der Waals surface area contributed by atoms with Crippen molar-refractivity contribution in [1.82, 2.24) is 15.0 Å². The van der Waals surface area contributed by atoms with Crippen molar-refractivity contribution in [3.8, 4) is 0 Å². The van der Waals surface area contributed by atoms with Crippen molar-refractivity contribution >= 4 is 11.8 Å². The van der Waals surface area contributed by atoms with Crippen molar-refractivity contribution in [3.05, 3.63) is 42.1 Å². The fraction of sp³-hybridized carbons (Fsp3) is 0.357. The molecule has 0 bridgehead atoms. The summed E-state index contributed by atoms with van der Waals surface area (Å²) in [6.07, 6.45) is 6.41. The zero-order chi connectivity index (χ0) is 14.2. The van der Waals surface area contributed by atoms with Crippen molar-refractivity contribution in [3.63, 3.8) is 0 Å². The van der Waals surface area contributed by atoms with Crippen molar-refractivity contribution in [1.29, 1.82) is 0 Å². The third-order valence-electron chi connectivity index (χ3n) is 2.73. The largest absolute Gasteiger partial charge is 0.367 e. The predicted molar refractivity (Wildman–Crippen MR) is 77.2 cm³/mol. The highest BCUT2D eigenvalue weighted by Crippen LogP contribution is 2.12. The van der Waals surface area contributed by atoms with Crippen molar-refractivity contribution in [2.45, 2.75) is 19.8 Å². The lowest BCUT2D eigenvalue weighted by Gasteiger charge is -2.09. The highest BCUT2D eigenvalue weighted by molar-refractivity contribution is 5.41. The predicted octanol–water partition coefficient (Wildman–Crippen LogP) is 2.49. The van der Waals surface area contributed by atoms with Gasteiger partial charge in [0.15, 0.2) is 11.6 Å². The summed E-state index contributed by atoms with van der Waals surface area (Å²) in [5, 5.41) is 6.02. The van der Waals surface area contributed by atoms with E-state index in [4.69, 9.17) is 0 Å². The van der Waals surface area contributed by atoms with E-state index in [2.05, 4.69) is 25.6 Å². The first-order chi connectivity index (χ1) is 9.79. The molecule has 0 aromatic carbocycles. The SMILES string of the molecule is CCCNc1ncc(F)c(NCCc2ccncc2)n1. The molecule has 0 saturated heterocycles. The lowest BCUT2D eigenvalue weighted by Crippen LogP contribution is -2.11. The van der Waals surface area contributed by atoms with E-state index in [-0.39, 0.29) is 5.82 Å². The molecule has 0 aliphatic rings. The van der Waals surface area contributed by atoms with Crippen molar-refractivity contribution < 1.29 is 4.39 Å². The number of anilines is 2. The molecular weight excluding hydrogens is 257 g/mol. The molecule has 0 aliphatic carbocycles. The molecule has 0 aliphatic heterocycles. The molecule has 2 aromatic rings. The Bertz CT molecular complexity index is 532. The highest BCUT2D eigenvalue weighted by atomic mass is 19.1. The second kappa shape index (κ2) is 7.37. The molecule has 5 nitrogen and oxygen atoms in total. The molecule has 20 heavy (non-hydrogen) atoms. The van der Waals surface area contributed by atoms with Crippen LogP contribution in [0.15, 0.2) is 30.7 Å². The van der Waals surface area contributed by atoms with Crippen molar-refractivity contribution in [2.24, 2.45) is 0 Å². The molecule has 2 aromatic heterocycles. The van der Waals surface area contributed by atoms with Crippen molar-refractivity contribution in [2.75, 3.05) is 23.7 Å². The fourth-order valence-electron chi connectivity index (χ4n) is 1.69. The quantitative estimate of drug-likeness (QED) is 0.813. The minimum absolute atomic E-state index is 0.229. The van der Waals surface area contributed by atoms with E-state index in [0.29, 0.717) is 12.5 Å². The van der Waals surface area contributed by atoms with E-state index in [1.54, 1.807) is 12.4 Å². The first-order valence-electron chi connectivity index (χ1n) is 6.68. The van der Waals surface area contributed by atoms with Crippen LogP contribution in [0.5, 0.6) is 0 Å². The smallest absolute Gasteiger partial charge is 0.224 e. The molecule has 2 rings (SSSR count). The number of hydrogen-bond donors (Lipinski definition) is 2. The average Bonchev–Trinajstić information content (AvgIpc) is 2.49. The molecule has 2 N–H and O–H groups in total. The van der Waals surface area contributed by atoms with Crippen LogP contribution in [0.3, 0.4) is 0 Å². The van der Waals surface area contributed by atoms with Gasteiger partial charge in [-0.3, -0.25) is 4.98 Å². The van der Waals surface area contributed by atoms with E-state index >= 15 is 0 Å². The first-order valence-corrected chi connectivity index (χ1v) is 6.68. The second-order valence-corrected chi connectivity index (χ2v) is 4.35. The number of rotatable bonds is 7. The van der Waals surface area contributed by atoms with Gasteiger partial charge in [-0.1, -0.05) is 6.92 Å². The zero-order valence-corrected chi connectivity index (χ0v) is 11.4. The summed E-state index contributed by atoms with van der Waals surface area (Å²) in [5.41, 5.74) is 1.14. The number of hydrogen-bond acceptors (Lipinski definition) is 5. The number of nitrogens with zero attached hydrogens (tertiary/aromatic N) is 3. The Hall–Kier alpha value is -2.24. The van der Waals surface area contributed by atoms with E-state index in [9.17, 15) is 4.39 Å². The highest BCUT2D eigenvalue weighted by Gasteiger charge is 2.06. The molecule has 0 unspecified atom stereocenters. The molecule has 2 heterocycles. The summed E-state index contributed by atoms with van der Waals surface area (Å²) in [5.74, 6) is 0.231. The minimum atomic E-state index is -0.443. The lowest BCUT2D eigenvalue weighted by molar-refractivity contribution is 0.617. The molecule has 0 saturated carbocycles. The number of pyridine rings is 1. The van der Waals surface area contributed by atoms with E-state index < -0.39 is 5.82 Å². The van der Waals surface area contributed by atoms with Gasteiger partial charge >= 0.3 is 0 Å². The molecule has 0 atom stereocenters. The van der Waals surface area contributed by atoms with E-state index in [1.165, 1.54) is 6.20 Å². The van der Waals surface area contributed by atoms with E-state index in [0.717, 1.165) is 24.9 Å². The Kier molecular flexibility index (Phi) is 5.23. The van der Waals surface area contributed by atoms with Crippen LogP contribution in [-0.2, 0) is 6.42 Å². The minimum Gasteiger partial charge on any atom is -0.367 e. The maximum absolute atomic E-state index is 13.6. The standard InChI is InChI=1S/C14H18FN5/c1-2-6-18-14-19-10-12(15)13(20-14)17-9-5-11-3-7-16-8-4-11/h3-4,7-8,10H,2,5-6,9H2,1H3,(H2,17,18,19,20). The van der Waals surface area contributed by atoms with Gasteiger partial charge in [-0.05, 0) is 30.5 Å². The Morgan fingerprint density at radius 2 is 1.95 bits per heavy atom. The third-order valence-corrected chi connectivity index (χ3v) is 2.73. The summed E-state index contributed by atoms with van der Waals surface area (Å²) in [6.45, 7) is 3.41. The van der Waals surface area contributed by atoms with Gasteiger partial charge < -0.3 is 10.6 Å². The summed E-state index contributed by atoms with van der Waals surface area (Å²) in [7, 11) is 0. The van der Waals surface area contributed by atoms with Gasteiger partial charge in [-0.2, -0.15) is 4.98 Å². The van der Waals surface area contributed by atoms with Crippen LogP contribution in [0.2, 0.25) is 0 Å². The van der Waals surface area contributed by atoms with Crippen LogP contribution < -0.4 is 10.6 Å². The maximum Gasteiger partial charge on any atom is 0.224 e. The number of nitrogens with one attached hydrogen (secondary N) is 2. The van der Waals surface area contributed by atoms with Crippen LogP contribution in [0, 0.1) is 5.82 Å². The molecule has 0 radical (unpaired) electrons. The number of halogens is 1. The van der Waals surface area contributed by atoms with Crippen LogP contribution >= 0.6 is 0 Å². The number of aromatic nitrogens is 3. The Morgan fingerprint density at radius 3 is 2.70 bits per heavy atom. The molecule has 0 amide bonds. The molecule has 6 heteroatoms. The lowest BCUT2D eigenvalue weighted by atomic mass is 10.2. The van der Waals surface area contributed by atoms with Gasteiger partial charge in [-0.25, -0.2) is 9.37 Å². The van der Waals surface area contributed by atoms with Gasteiger partial charge in [0.2, 0.25) is 5.95 Å². The van der Waals surface area contributed by atoms with Crippen LogP contribution in [-0.4, -0.2) is 28.0 Å². The van der Waals surface area contributed by atoms with E-state index in [1.807, 2.05) is 19.1 Å². The maximum atomic E-state index is 13.6. The van der Waals surface area contributed by atoms with Gasteiger partial charge in [0.05, 0.1) is 6.20 Å². The van der Waals surface area contributed by atoms with Crippen LogP contribution in [0.25, 0.3) is 0 Å². The summed E-state index contributed by atoms with van der Waals surface area (Å²) in [4.78, 5) is 12.0. The summed E-state index contributed by atoms with van der Waals surface area (Å²) >= 11 is 0. The Labute approximate surface area is 117 Å². The van der Waals surface area contributed by atoms with Gasteiger partial charge in [0.25, 0.3) is 0 Å². The second-order valence-electron chi connectivity index (χ2n) is 4.35. The van der Waals surface area contributed by atoms with Gasteiger partial charge in [-0.15, -0.1) is 0 Å². The molecule has 106 valence electrons.